The molecule has 0 heterocycles. The molecule has 0 radical (unpaired) electrons. The highest BCUT2D eigenvalue weighted by Gasteiger charge is 2.21. The molecule has 1 amide bonds. The second-order valence-electron chi connectivity index (χ2n) is 5.97. The summed E-state index contributed by atoms with van der Waals surface area (Å²) in [7, 11) is 3.08. The van der Waals surface area contributed by atoms with Crippen molar-refractivity contribution in [2.24, 2.45) is 0 Å². The first kappa shape index (κ1) is 19.6. The highest BCUT2D eigenvalue weighted by atomic mass is 16.6. The average Bonchev–Trinajstić information content (AvgIpc) is 2.50. The fraction of sp³-hybridized carbons (Fsp3) is 0.529. The molecule has 0 aliphatic rings. The summed E-state index contributed by atoms with van der Waals surface area (Å²) in [5.74, 6) is 0.314. The van der Waals surface area contributed by atoms with Gasteiger partial charge in [-0.3, -0.25) is 4.90 Å². The van der Waals surface area contributed by atoms with Crippen LogP contribution in [0.15, 0.2) is 18.2 Å². The Morgan fingerprint density at radius 1 is 1.17 bits per heavy atom. The number of benzene rings is 1. The van der Waals surface area contributed by atoms with Gasteiger partial charge in [0.25, 0.3) is 0 Å². The van der Waals surface area contributed by atoms with Gasteiger partial charge in [-0.15, -0.1) is 0 Å². The van der Waals surface area contributed by atoms with Crippen LogP contribution in [0, 0.1) is 0 Å². The van der Waals surface area contributed by atoms with Crippen molar-refractivity contribution in [2.75, 3.05) is 32.3 Å². The summed E-state index contributed by atoms with van der Waals surface area (Å²) in [6, 6.07) is 4.92. The van der Waals surface area contributed by atoms with Gasteiger partial charge in [-0.1, -0.05) is 0 Å². The molecule has 1 aromatic carbocycles. The van der Waals surface area contributed by atoms with Crippen LogP contribution in [0.3, 0.4) is 0 Å². The van der Waals surface area contributed by atoms with Crippen LogP contribution < -0.4 is 14.4 Å². The van der Waals surface area contributed by atoms with Crippen LogP contribution in [0.2, 0.25) is 0 Å². The first-order chi connectivity index (χ1) is 11.2. The van der Waals surface area contributed by atoms with Crippen LogP contribution in [0.1, 0.15) is 27.7 Å². The van der Waals surface area contributed by atoms with Gasteiger partial charge in [-0.05, 0) is 39.8 Å². The quantitative estimate of drug-likeness (QED) is 0.742. The molecule has 1 aromatic rings. The number of carbonyl (C=O) groups is 2. The summed E-state index contributed by atoms with van der Waals surface area (Å²) in [4.78, 5) is 24.8. The third-order valence-electron chi connectivity index (χ3n) is 2.85. The molecule has 1 rings (SSSR count). The van der Waals surface area contributed by atoms with Gasteiger partial charge in [0, 0.05) is 13.1 Å². The van der Waals surface area contributed by atoms with Crippen molar-refractivity contribution in [2.45, 2.75) is 33.3 Å². The molecule has 0 spiro atoms. The highest BCUT2D eigenvalue weighted by Crippen LogP contribution is 2.32. The summed E-state index contributed by atoms with van der Waals surface area (Å²) in [5.41, 5.74) is -0.0115. The lowest BCUT2D eigenvalue weighted by Crippen LogP contribution is -2.34. The molecule has 134 valence electrons. The van der Waals surface area contributed by atoms with Crippen LogP contribution in [0.4, 0.5) is 10.5 Å². The fourth-order valence-electron chi connectivity index (χ4n) is 1.76. The minimum atomic E-state index is -0.585. The third-order valence-corrected chi connectivity index (χ3v) is 2.85. The van der Waals surface area contributed by atoms with Gasteiger partial charge in [0.05, 0.1) is 19.4 Å². The maximum Gasteiger partial charge on any atom is 0.414 e. The van der Waals surface area contributed by atoms with E-state index >= 15 is 0 Å². The molecule has 7 heteroatoms. The van der Waals surface area contributed by atoms with Gasteiger partial charge < -0.3 is 18.9 Å². The third kappa shape index (κ3) is 5.98. The minimum absolute atomic E-state index is 0.217. The number of rotatable bonds is 6. The molecule has 24 heavy (non-hydrogen) atoms. The van der Waals surface area contributed by atoms with Crippen molar-refractivity contribution in [3.05, 3.63) is 18.2 Å². The zero-order chi connectivity index (χ0) is 18.3. The van der Waals surface area contributed by atoms with E-state index in [2.05, 4.69) is 0 Å². The molecular formula is C17H25NO6. The first-order valence-corrected chi connectivity index (χ1v) is 7.61. The summed E-state index contributed by atoms with van der Waals surface area (Å²) in [6.45, 7) is 7.19. The number of ether oxygens (including phenoxy) is 4. The maximum absolute atomic E-state index is 12.1. The van der Waals surface area contributed by atoms with Gasteiger partial charge in [0.15, 0.2) is 18.1 Å². The topological polar surface area (TPSA) is 74.3 Å². The predicted octanol–water partition coefficient (Wildman–Crippen LogP) is 3.01. The second-order valence-corrected chi connectivity index (χ2v) is 5.97. The minimum Gasteiger partial charge on any atom is -0.493 e. The summed E-state index contributed by atoms with van der Waals surface area (Å²) >= 11 is 0. The van der Waals surface area contributed by atoms with E-state index in [0.717, 1.165) is 0 Å². The Morgan fingerprint density at radius 3 is 2.38 bits per heavy atom. The molecule has 0 saturated heterocycles. The zero-order valence-corrected chi connectivity index (χ0v) is 15.0. The molecule has 0 unspecified atom stereocenters. The van der Waals surface area contributed by atoms with Crippen molar-refractivity contribution in [3.63, 3.8) is 0 Å². The van der Waals surface area contributed by atoms with Crippen molar-refractivity contribution in [3.8, 4) is 11.5 Å². The Bertz CT molecular complexity index is 579. The van der Waals surface area contributed by atoms with Gasteiger partial charge >= 0.3 is 12.1 Å². The molecule has 0 fully saturated rings. The van der Waals surface area contributed by atoms with E-state index in [1.807, 2.05) is 0 Å². The SMILES string of the molecule is CCOC(=O)COc1ccc(N(C)C(=O)OC(C)(C)C)cc1OC. The standard InChI is InChI=1S/C17H25NO6/c1-7-22-15(19)11-23-13-9-8-12(10-14(13)21-6)18(5)16(20)24-17(2,3)4/h8-10H,7,11H2,1-6H3. The largest absolute Gasteiger partial charge is 0.493 e. The zero-order valence-electron chi connectivity index (χ0n) is 15.0. The number of amides is 1. The highest BCUT2D eigenvalue weighted by molar-refractivity contribution is 5.87. The smallest absolute Gasteiger partial charge is 0.414 e. The molecule has 0 aromatic heterocycles. The van der Waals surface area contributed by atoms with Crippen molar-refractivity contribution < 1.29 is 28.5 Å². The van der Waals surface area contributed by atoms with E-state index in [1.165, 1.54) is 12.0 Å². The number of hydrogen-bond donors (Lipinski definition) is 0. The van der Waals surface area contributed by atoms with Crippen molar-refractivity contribution in [1.29, 1.82) is 0 Å². The first-order valence-electron chi connectivity index (χ1n) is 7.61. The van der Waals surface area contributed by atoms with Crippen LogP contribution in [-0.2, 0) is 14.3 Å². The summed E-state index contributed by atoms with van der Waals surface area (Å²) in [5, 5.41) is 0. The summed E-state index contributed by atoms with van der Waals surface area (Å²) in [6.07, 6.45) is -0.482. The molecular weight excluding hydrogens is 314 g/mol. The van der Waals surface area contributed by atoms with Crippen molar-refractivity contribution in [1.82, 2.24) is 0 Å². The lowest BCUT2D eigenvalue weighted by atomic mass is 10.2. The number of nitrogens with zero attached hydrogens (tertiary/aromatic N) is 1. The lowest BCUT2D eigenvalue weighted by molar-refractivity contribution is -0.145. The van der Waals surface area contributed by atoms with Gasteiger partial charge in [-0.2, -0.15) is 0 Å². The number of esters is 1. The van der Waals surface area contributed by atoms with Crippen molar-refractivity contribution >= 4 is 17.7 Å². The Kier molecular flexibility index (Phi) is 6.88. The van der Waals surface area contributed by atoms with E-state index in [0.29, 0.717) is 23.8 Å². The lowest BCUT2D eigenvalue weighted by Gasteiger charge is -2.25. The molecule has 0 atom stereocenters. The fourth-order valence-corrected chi connectivity index (χ4v) is 1.76. The Balaban J connectivity index is 2.85. The van der Waals surface area contributed by atoms with E-state index in [9.17, 15) is 9.59 Å². The number of anilines is 1. The molecule has 7 nitrogen and oxygen atoms in total. The van der Waals surface area contributed by atoms with Crippen LogP contribution in [0.25, 0.3) is 0 Å². The van der Waals surface area contributed by atoms with Crippen LogP contribution >= 0.6 is 0 Å². The molecule has 0 saturated carbocycles. The van der Waals surface area contributed by atoms with E-state index in [-0.39, 0.29) is 6.61 Å². The number of methoxy groups -OCH3 is 1. The second kappa shape index (κ2) is 8.42. The molecule has 0 aliphatic carbocycles. The summed E-state index contributed by atoms with van der Waals surface area (Å²) < 4.78 is 20.8. The normalized spacial score (nSPS) is 10.8. The Hall–Kier alpha value is -2.44. The number of carbonyl (C=O) groups excluding carboxylic acids is 2. The van der Waals surface area contributed by atoms with Gasteiger partial charge in [0.1, 0.15) is 5.60 Å². The van der Waals surface area contributed by atoms with Crippen LogP contribution in [0.5, 0.6) is 11.5 Å². The predicted molar refractivity (Wildman–Crippen MR) is 89.8 cm³/mol. The van der Waals surface area contributed by atoms with Crippen LogP contribution in [-0.4, -0.2) is 45.0 Å². The molecule has 0 aliphatic heterocycles. The maximum atomic E-state index is 12.1. The molecule has 0 N–H and O–H groups in total. The van der Waals surface area contributed by atoms with Gasteiger partial charge in [-0.25, -0.2) is 9.59 Å². The Morgan fingerprint density at radius 2 is 1.83 bits per heavy atom. The number of hydrogen-bond acceptors (Lipinski definition) is 6. The van der Waals surface area contributed by atoms with Gasteiger partial charge in [0.2, 0.25) is 0 Å². The Labute approximate surface area is 142 Å². The van der Waals surface area contributed by atoms with E-state index in [1.54, 1.807) is 52.9 Å². The van der Waals surface area contributed by atoms with E-state index < -0.39 is 17.7 Å². The average molecular weight is 339 g/mol. The molecule has 0 bridgehead atoms. The monoisotopic (exact) mass is 339 g/mol. The van der Waals surface area contributed by atoms with E-state index in [4.69, 9.17) is 18.9 Å².